The monoisotopic (exact) mass is 501 g/mol. The Labute approximate surface area is 211 Å². The maximum atomic E-state index is 13.2. The number of para-hydroxylation sites is 1. The minimum atomic E-state index is -1.14. The topological polar surface area (TPSA) is 166 Å². The molecule has 0 bridgehead atoms. The van der Waals surface area contributed by atoms with Gasteiger partial charge in [0.25, 0.3) is 0 Å². The molecule has 1 heterocycles. The summed E-state index contributed by atoms with van der Waals surface area (Å²) in [6.07, 6.45) is 2.92. The number of hydrogen-bond acceptors (Lipinski definition) is 5. The number of aliphatic carboxylic acids is 1. The van der Waals surface area contributed by atoms with Gasteiger partial charge in [-0.05, 0) is 36.8 Å². The second-order valence-corrected chi connectivity index (χ2v) is 9.80. The molecule has 0 saturated heterocycles. The van der Waals surface area contributed by atoms with Gasteiger partial charge in [0.1, 0.15) is 18.1 Å². The molecule has 1 aromatic carbocycles. The van der Waals surface area contributed by atoms with Crippen molar-refractivity contribution in [2.75, 3.05) is 0 Å². The lowest BCUT2D eigenvalue weighted by Crippen LogP contribution is -2.57. The van der Waals surface area contributed by atoms with Crippen LogP contribution in [0.25, 0.3) is 10.9 Å². The van der Waals surface area contributed by atoms with Crippen molar-refractivity contribution in [3.63, 3.8) is 0 Å². The number of aromatic amines is 1. The summed E-state index contributed by atoms with van der Waals surface area (Å²) >= 11 is 0. The van der Waals surface area contributed by atoms with Crippen LogP contribution in [0.15, 0.2) is 30.5 Å². The average Bonchev–Trinajstić information content (AvgIpc) is 3.24. The number of benzene rings is 1. The number of hydrogen-bond donors (Lipinski definition) is 6. The van der Waals surface area contributed by atoms with E-state index in [1.54, 1.807) is 6.20 Å². The highest BCUT2D eigenvalue weighted by molar-refractivity contribution is 5.94. The fourth-order valence-electron chi connectivity index (χ4n) is 3.88. The van der Waals surface area contributed by atoms with Crippen molar-refractivity contribution >= 4 is 34.6 Å². The molecule has 5 atom stereocenters. The van der Waals surface area contributed by atoms with Gasteiger partial charge in [-0.25, -0.2) is 4.79 Å². The number of H-pyrrole nitrogens is 1. The molecule has 10 heteroatoms. The molecule has 5 unspecified atom stereocenters. The van der Waals surface area contributed by atoms with Crippen molar-refractivity contribution in [3.8, 4) is 0 Å². The molecule has 0 aliphatic rings. The van der Waals surface area contributed by atoms with Gasteiger partial charge >= 0.3 is 5.97 Å². The van der Waals surface area contributed by atoms with Gasteiger partial charge in [-0.1, -0.05) is 52.3 Å². The Morgan fingerprint density at radius 1 is 0.944 bits per heavy atom. The van der Waals surface area contributed by atoms with Crippen LogP contribution < -0.4 is 21.7 Å². The highest BCUT2D eigenvalue weighted by Gasteiger charge is 2.30. The lowest BCUT2D eigenvalue weighted by atomic mass is 9.98. The number of carboxylic acid groups (broad SMARTS) is 1. The van der Waals surface area contributed by atoms with E-state index in [1.807, 2.05) is 52.0 Å². The van der Waals surface area contributed by atoms with Crippen LogP contribution >= 0.6 is 0 Å². The minimum Gasteiger partial charge on any atom is -0.480 e. The van der Waals surface area contributed by atoms with Crippen LogP contribution in [0.2, 0.25) is 0 Å². The average molecular weight is 502 g/mol. The van der Waals surface area contributed by atoms with E-state index in [0.717, 1.165) is 16.5 Å². The Hall–Kier alpha value is -3.40. The number of amides is 3. The van der Waals surface area contributed by atoms with Crippen LogP contribution in [0.3, 0.4) is 0 Å². The van der Waals surface area contributed by atoms with Crippen molar-refractivity contribution in [1.29, 1.82) is 0 Å². The van der Waals surface area contributed by atoms with E-state index in [1.165, 1.54) is 6.92 Å². The van der Waals surface area contributed by atoms with Crippen LogP contribution in [-0.4, -0.2) is 57.9 Å². The highest BCUT2D eigenvalue weighted by atomic mass is 16.4. The molecule has 36 heavy (non-hydrogen) atoms. The molecule has 7 N–H and O–H groups in total. The summed E-state index contributed by atoms with van der Waals surface area (Å²) in [6, 6.07) is 3.74. The summed E-state index contributed by atoms with van der Waals surface area (Å²) in [4.78, 5) is 53.4. The zero-order valence-corrected chi connectivity index (χ0v) is 21.6. The number of nitrogens with one attached hydrogen (secondary N) is 4. The van der Waals surface area contributed by atoms with Gasteiger partial charge in [-0.15, -0.1) is 0 Å². The van der Waals surface area contributed by atoms with Gasteiger partial charge in [0.15, 0.2) is 0 Å². The van der Waals surface area contributed by atoms with E-state index in [-0.39, 0.29) is 24.7 Å². The van der Waals surface area contributed by atoms with Crippen molar-refractivity contribution in [1.82, 2.24) is 20.9 Å². The van der Waals surface area contributed by atoms with Gasteiger partial charge in [0.2, 0.25) is 17.7 Å². The number of aromatic nitrogens is 1. The van der Waals surface area contributed by atoms with E-state index < -0.39 is 47.9 Å². The zero-order valence-electron chi connectivity index (χ0n) is 21.6. The summed E-state index contributed by atoms with van der Waals surface area (Å²) in [5, 5.41) is 18.2. The molecule has 0 fully saturated rings. The molecule has 10 nitrogen and oxygen atoms in total. The fraction of sp³-hybridized carbons (Fsp3) is 0.538. The quantitative estimate of drug-likeness (QED) is 0.244. The summed E-state index contributed by atoms with van der Waals surface area (Å²) < 4.78 is 0. The van der Waals surface area contributed by atoms with Crippen molar-refractivity contribution in [3.05, 3.63) is 36.0 Å². The minimum absolute atomic E-state index is 0.0572. The van der Waals surface area contributed by atoms with Gasteiger partial charge in [0, 0.05) is 23.5 Å². The smallest absolute Gasteiger partial charge is 0.326 e. The van der Waals surface area contributed by atoms with Gasteiger partial charge < -0.3 is 31.8 Å². The van der Waals surface area contributed by atoms with Crippen LogP contribution in [0.1, 0.15) is 53.0 Å². The molecule has 0 aliphatic carbocycles. The first-order chi connectivity index (χ1) is 16.9. The first-order valence-corrected chi connectivity index (χ1v) is 12.4. The molecule has 3 amide bonds. The molecular weight excluding hydrogens is 462 g/mol. The normalized spacial score (nSPS) is 15.5. The molecule has 1 aromatic heterocycles. The molecule has 0 spiro atoms. The van der Waals surface area contributed by atoms with Crippen molar-refractivity contribution < 1.29 is 24.3 Å². The summed E-state index contributed by atoms with van der Waals surface area (Å²) in [6.45, 7) is 8.97. The lowest BCUT2D eigenvalue weighted by molar-refractivity contribution is -0.142. The van der Waals surface area contributed by atoms with Crippen molar-refractivity contribution in [2.24, 2.45) is 17.6 Å². The molecule has 0 saturated carbocycles. The Kier molecular flexibility index (Phi) is 10.5. The standard InChI is InChI=1S/C26H39N5O5/c1-6-15(4)22(27)25(34)30-20(12-17-13-28-19-10-8-7-9-18(17)19)24(33)29-16(5)23(32)31-21(26(35)36)11-14(2)3/h7-10,13-16,20-22,28H,6,11-12,27H2,1-5H3,(H,29,33)(H,30,34)(H,31,32)(H,35,36). The van der Waals surface area contributed by atoms with Crippen LogP contribution in [0.4, 0.5) is 0 Å². The second kappa shape index (κ2) is 13.1. The number of rotatable bonds is 13. The molecule has 2 aromatic rings. The van der Waals surface area contributed by atoms with Crippen LogP contribution in [0, 0.1) is 11.8 Å². The van der Waals surface area contributed by atoms with E-state index in [0.29, 0.717) is 6.42 Å². The fourth-order valence-corrected chi connectivity index (χ4v) is 3.88. The number of carboxylic acids is 1. The van der Waals surface area contributed by atoms with E-state index in [2.05, 4.69) is 20.9 Å². The van der Waals surface area contributed by atoms with E-state index >= 15 is 0 Å². The second-order valence-electron chi connectivity index (χ2n) is 9.80. The van der Waals surface area contributed by atoms with Gasteiger partial charge in [0.05, 0.1) is 6.04 Å². The Bertz CT molecular complexity index is 1070. The van der Waals surface area contributed by atoms with Crippen molar-refractivity contribution in [2.45, 2.75) is 78.0 Å². The van der Waals surface area contributed by atoms with E-state index in [4.69, 9.17) is 5.73 Å². The molecule has 0 radical (unpaired) electrons. The number of nitrogens with two attached hydrogens (primary N) is 1. The Balaban J connectivity index is 2.19. The third-order valence-corrected chi connectivity index (χ3v) is 6.37. The first-order valence-electron chi connectivity index (χ1n) is 12.4. The highest BCUT2D eigenvalue weighted by Crippen LogP contribution is 2.19. The summed E-state index contributed by atoms with van der Waals surface area (Å²) in [5.41, 5.74) is 7.80. The predicted molar refractivity (Wildman–Crippen MR) is 138 cm³/mol. The molecule has 198 valence electrons. The third-order valence-electron chi connectivity index (χ3n) is 6.37. The Morgan fingerprint density at radius 2 is 1.58 bits per heavy atom. The number of fused-ring (bicyclic) bond motifs is 1. The molecule has 0 aliphatic heterocycles. The zero-order chi connectivity index (χ0) is 27.0. The molecular formula is C26H39N5O5. The van der Waals surface area contributed by atoms with E-state index in [9.17, 15) is 24.3 Å². The molecule has 2 rings (SSSR count). The lowest BCUT2D eigenvalue weighted by Gasteiger charge is -2.25. The summed E-state index contributed by atoms with van der Waals surface area (Å²) in [5.74, 6) is -2.81. The van der Waals surface area contributed by atoms with Crippen LogP contribution in [0.5, 0.6) is 0 Å². The maximum absolute atomic E-state index is 13.2. The number of carbonyl (C=O) groups is 4. The third kappa shape index (κ3) is 7.81. The van der Waals surface area contributed by atoms with Gasteiger partial charge in [-0.3, -0.25) is 14.4 Å². The Morgan fingerprint density at radius 3 is 2.19 bits per heavy atom. The van der Waals surface area contributed by atoms with Crippen LogP contribution in [-0.2, 0) is 25.6 Å². The van der Waals surface area contributed by atoms with Gasteiger partial charge in [-0.2, -0.15) is 0 Å². The SMILES string of the molecule is CCC(C)C(N)C(=O)NC(Cc1c[nH]c2ccccc12)C(=O)NC(C)C(=O)NC(CC(C)C)C(=O)O. The number of carbonyl (C=O) groups excluding carboxylic acids is 3. The largest absolute Gasteiger partial charge is 0.480 e. The first kappa shape index (κ1) is 28.8. The predicted octanol–water partition coefficient (Wildman–Crippen LogP) is 1.69. The summed E-state index contributed by atoms with van der Waals surface area (Å²) in [7, 11) is 0. The maximum Gasteiger partial charge on any atom is 0.326 e.